The molecule has 1 N–H and O–H groups in total. The van der Waals surface area contributed by atoms with Crippen LogP contribution in [0.1, 0.15) is 29.4 Å². The van der Waals surface area contributed by atoms with Crippen molar-refractivity contribution in [1.29, 1.82) is 0 Å². The number of anilines is 1. The molecule has 0 saturated carbocycles. The molecular formula is C24H23ClFN5O2S. The van der Waals surface area contributed by atoms with Crippen molar-refractivity contribution in [2.24, 2.45) is 0 Å². The van der Waals surface area contributed by atoms with Gasteiger partial charge in [-0.3, -0.25) is 4.79 Å². The number of aromatic nitrogens is 4. The maximum Gasteiger partial charge on any atom is 0.253 e. The lowest BCUT2D eigenvalue weighted by molar-refractivity contribution is -0.113. The van der Waals surface area contributed by atoms with Crippen molar-refractivity contribution < 1.29 is 13.9 Å². The van der Waals surface area contributed by atoms with Crippen LogP contribution < -0.4 is 10.1 Å². The first-order valence-corrected chi connectivity index (χ1v) is 12.0. The summed E-state index contributed by atoms with van der Waals surface area (Å²) >= 11 is 7.43. The molecule has 2 aromatic carbocycles. The number of ether oxygens (including phenoxy) is 1. The topological polar surface area (TPSA) is 81.4 Å². The van der Waals surface area contributed by atoms with E-state index in [0.717, 1.165) is 22.7 Å². The third kappa shape index (κ3) is 5.31. The molecule has 0 bridgehead atoms. The molecule has 4 aromatic rings. The average molecular weight is 500 g/mol. The van der Waals surface area contributed by atoms with Gasteiger partial charge in [0.2, 0.25) is 11.1 Å². The number of aryl methyl sites for hydroxylation is 2. The molecule has 0 aliphatic carbocycles. The number of nitrogens with zero attached hydrogens (tertiary/aromatic N) is 4. The van der Waals surface area contributed by atoms with Crippen molar-refractivity contribution >= 4 is 40.7 Å². The Morgan fingerprint density at radius 3 is 2.62 bits per heavy atom. The molecule has 176 valence electrons. The second-order valence-corrected chi connectivity index (χ2v) is 8.89. The van der Waals surface area contributed by atoms with Crippen molar-refractivity contribution in [3.05, 3.63) is 75.8 Å². The Balaban J connectivity index is 1.47. The summed E-state index contributed by atoms with van der Waals surface area (Å²) in [6, 6.07) is 11.8. The van der Waals surface area contributed by atoms with Gasteiger partial charge in [-0.05, 0) is 62.7 Å². The molecule has 2 heterocycles. The van der Waals surface area contributed by atoms with Crippen molar-refractivity contribution in [3.8, 4) is 5.75 Å². The van der Waals surface area contributed by atoms with Crippen LogP contribution in [-0.4, -0.2) is 37.8 Å². The fourth-order valence-corrected chi connectivity index (χ4v) is 4.36. The third-order valence-corrected chi connectivity index (χ3v) is 6.42. The number of hydrogen-bond donors (Lipinski definition) is 1. The summed E-state index contributed by atoms with van der Waals surface area (Å²) < 4.78 is 21.3. The summed E-state index contributed by atoms with van der Waals surface area (Å²) in [4.78, 5) is 21.3. The molecule has 0 aliphatic rings. The molecule has 2 aromatic heterocycles. The number of thioether (sulfide) groups is 1. The SMILES string of the molecule is CCOc1ccc(NC(=O)CSc2nc3nc(C)c(Cc4c(F)cccc4Cl)c(C)n3n2)cc1. The van der Waals surface area contributed by atoms with Gasteiger partial charge in [-0.25, -0.2) is 13.9 Å². The van der Waals surface area contributed by atoms with Crippen LogP contribution in [0.5, 0.6) is 5.75 Å². The standard InChI is InChI=1S/C24H23ClFN5O2S/c1-4-33-17-10-8-16(9-11-17)28-22(32)13-34-24-29-23-27-14(2)18(15(3)31(23)30-24)12-19-20(25)6-5-7-21(19)26/h5-11H,4,12-13H2,1-3H3,(H,28,32). The Kier molecular flexibility index (Phi) is 7.33. The van der Waals surface area contributed by atoms with Crippen molar-refractivity contribution in [2.75, 3.05) is 17.7 Å². The van der Waals surface area contributed by atoms with Crippen LogP contribution in [-0.2, 0) is 11.2 Å². The van der Waals surface area contributed by atoms with E-state index in [1.807, 2.05) is 20.8 Å². The van der Waals surface area contributed by atoms with Gasteiger partial charge in [0.25, 0.3) is 5.78 Å². The van der Waals surface area contributed by atoms with Crippen LogP contribution in [0, 0.1) is 19.7 Å². The van der Waals surface area contributed by atoms with Gasteiger partial charge in [0.15, 0.2) is 0 Å². The Labute approximate surface area is 205 Å². The van der Waals surface area contributed by atoms with E-state index in [4.69, 9.17) is 16.3 Å². The van der Waals surface area contributed by atoms with Crippen molar-refractivity contribution in [3.63, 3.8) is 0 Å². The normalized spacial score (nSPS) is 11.1. The molecule has 0 unspecified atom stereocenters. The second-order valence-electron chi connectivity index (χ2n) is 7.54. The van der Waals surface area contributed by atoms with Crippen LogP contribution >= 0.6 is 23.4 Å². The van der Waals surface area contributed by atoms with E-state index in [1.165, 1.54) is 17.8 Å². The highest BCUT2D eigenvalue weighted by Crippen LogP contribution is 2.26. The molecule has 0 saturated heterocycles. The smallest absolute Gasteiger partial charge is 0.253 e. The zero-order valence-electron chi connectivity index (χ0n) is 18.9. The van der Waals surface area contributed by atoms with Crippen LogP contribution in [0.3, 0.4) is 0 Å². The number of fused-ring (bicyclic) bond motifs is 1. The van der Waals surface area contributed by atoms with Gasteiger partial charge in [-0.1, -0.05) is 29.4 Å². The summed E-state index contributed by atoms with van der Waals surface area (Å²) in [6.07, 6.45) is 0.291. The van der Waals surface area contributed by atoms with E-state index in [1.54, 1.807) is 40.9 Å². The largest absolute Gasteiger partial charge is 0.494 e. The number of benzene rings is 2. The first-order valence-electron chi connectivity index (χ1n) is 10.7. The van der Waals surface area contributed by atoms with E-state index in [9.17, 15) is 9.18 Å². The van der Waals surface area contributed by atoms with Gasteiger partial charge >= 0.3 is 0 Å². The fraction of sp³-hybridized carbons (Fsp3) is 0.250. The van der Waals surface area contributed by atoms with Crippen molar-refractivity contribution in [1.82, 2.24) is 19.6 Å². The van der Waals surface area contributed by atoms with Gasteiger partial charge in [0, 0.05) is 34.1 Å². The van der Waals surface area contributed by atoms with Gasteiger partial charge in [-0.15, -0.1) is 5.10 Å². The van der Waals surface area contributed by atoms with Crippen LogP contribution in [0.2, 0.25) is 5.02 Å². The maximum atomic E-state index is 14.3. The van der Waals surface area contributed by atoms with Gasteiger partial charge in [0.1, 0.15) is 11.6 Å². The number of rotatable bonds is 8. The number of amides is 1. The van der Waals surface area contributed by atoms with Crippen LogP contribution in [0.4, 0.5) is 10.1 Å². The minimum atomic E-state index is -0.361. The lowest BCUT2D eigenvalue weighted by Crippen LogP contribution is -2.14. The molecule has 0 radical (unpaired) electrons. The molecule has 34 heavy (non-hydrogen) atoms. The number of carbonyl (C=O) groups excluding carboxylic acids is 1. The molecule has 1 amide bonds. The number of halogens is 2. The number of nitrogens with one attached hydrogen (secondary N) is 1. The van der Waals surface area contributed by atoms with Gasteiger partial charge in [0.05, 0.1) is 12.4 Å². The van der Waals surface area contributed by atoms with E-state index in [-0.39, 0.29) is 17.5 Å². The zero-order valence-corrected chi connectivity index (χ0v) is 20.5. The summed E-state index contributed by atoms with van der Waals surface area (Å²) in [5, 5.41) is 8.13. The summed E-state index contributed by atoms with van der Waals surface area (Å²) in [6.45, 7) is 6.23. The second kappa shape index (κ2) is 10.4. The van der Waals surface area contributed by atoms with Crippen LogP contribution in [0.15, 0.2) is 47.6 Å². The molecule has 0 atom stereocenters. The Bertz CT molecular complexity index is 1320. The molecule has 7 nitrogen and oxygen atoms in total. The van der Waals surface area contributed by atoms with Gasteiger partial charge in [-0.2, -0.15) is 4.98 Å². The molecule has 10 heteroatoms. The number of carbonyl (C=O) groups is 1. The zero-order chi connectivity index (χ0) is 24.2. The van der Waals surface area contributed by atoms with E-state index < -0.39 is 0 Å². The fourth-order valence-electron chi connectivity index (χ4n) is 3.51. The van der Waals surface area contributed by atoms with Crippen molar-refractivity contribution in [2.45, 2.75) is 32.3 Å². The third-order valence-electron chi connectivity index (χ3n) is 5.23. The summed E-state index contributed by atoms with van der Waals surface area (Å²) in [5.41, 5.74) is 3.44. The van der Waals surface area contributed by atoms with Crippen LogP contribution in [0.25, 0.3) is 5.78 Å². The summed E-state index contributed by atoms with van der Waals surface area (Å²) in [5.74, 6) is 0.773. The van der Waals surface area contributed by atoms with E-state index in [2.05, 4.69) is 20.4 Å². The molecule has 0 spiro atoms. The van der Waals surface area contributed by atoms with E-state index in [0.29, 0.717) is 40.2 Å². The lowest BCUT2D eigenvalue weighted by atomic mass is 10.0. The molecule has 0 aliphatic heterocycles. The maximum absolute atomic E-state index is 14.3. The van der Waals surface area contributed by atoms with Gasteiger partial charge < -0.3 is 10.1 Å². The first kappa shape index (κ1) is 24.0. The predicted molar refractivity (Wildman–Crippen MR) is 131 cm³/mol. The monoisotopic (exact) mass is 499 g/mol. The predicted octanol–water partition coefficient (Wildman–Crippen LogP) is 5.25. The minimum Gasteiger partial charge on any atom is -0.494 e. The molecule has 0 fully saturated rings. The average Bonchev–Trinajstić information content (AvgIpc) is 3.21. The molecular weight excluding hydrogens is 477 g/mol. The summed E-state index contributed by atoms with van der Waals surface area (Å²) in [7, 11) is 0. The molecule has 4 rings (SSSR count). The highest BCUT2D eigenvalue weighted by atomic mass is 35.5. The highest BCUT2D eigenvalue weighted by molar-refractivity contribution is 7.99. The first-order chi connectivity index (χ1) is 16.4. The quantitative estimate of drug-likeness (QED) is 0.333. The van der Waals surface area contributed by atoms with E-state index >= 15 is 0 Å². The highest BCUT2D eigenvalue weighted by Gasteiger charge is 2.17. The minimum absolute atomic E-state index is 0.139. The lowest BCUT2D eigenvalue weighted by Gasteiger charge is -2.12. The Hall–Kier alpha value is -3.17. The Morgan fingerprint density at radius 2 is 1.91 bits per heavy atom. The number of hydrogen-bond acceptors (Lipinski definition) is 6. The Morgan fingerprint density at radius 1 is 1.15 bits per heavy atom.